The molecule has 0 radical (unpaired) electrons. The monoisotopic (exact) mass is 287 g/mol. The molecule has 0 bridgehead atoms. The second-order valence-electron chi connectivity index (χ2n) is 4.51. The van der Waals surface area contributed by atoms with Crippen molar-refractivity contribution in [1.29, 1.82) is 0 Å². The van der Waals surface area contributed by atoms with Crippen LogP contribution in [0.5, 0.6) is 0 Å². The van der Waals surface area contributed by atoms with Crippen molar-refractivity contribution < 1.29 is 27.6 Å². The van der Waals surface area contributed by atoms with Crippen molar-refractivity contribution in [3.63, 3.8) is 0 Å². The lowest BCUT2D eigenvalue weighted by atomic mass is 9.93. The summed E-state index contributed by atoms with van der Waals surface area (Å²) in [4.78, 5) is -0.377. The highest BCUT2D eigenvalue weighted by Crippen LogP contribution is 2.33. The van der Waals surface area contributed by atoms with Crippen LogP contribution in [-0.2, 0) is 25.2 Å². The van der Waals surface area contributed by atoms with Gasteiger partial charge in [-0.25, -0.2) is 8.42 Å². The van der Waals surface area contributed by atoms with E-state index in [9.17, 15) is 18.1 Å². The summed E-state index contributed by atoms with van der Waals surface area (Å²) in [7, 11) is -4.64. The molecular formula is C12H15O6S-. The van der Waals surface area contributed by atoms with Crippen molar-refractivity contribution in [2.75, 3.05) is 26.4 Å². The highest BCUT2D eigenvalue weighted by atomic mass is 32.2. The van der Waals surface area contributed by atoms with Gasteiger partial charge >= 0.3 is 0 Å². The molecule has 6 nitrogen and oxygen atoms in total. The first kappa shape index (κ1) is 14.4. The van der Waals surface area contributed by atoms with Crippen LogP contribution in [0.15, 0.2) is 23.1 Å². The molecule has 1 heterocycles. The third kappa shape index (κ3) is 2.80. The van der Waals surface area contributed by atoms with Gasteiger partial charge in [0.2, 0.25) is 0 Å². The minimum absolute atomic E-state index is 0.00940. The third-order valence-corrected chi connectivity index (χ3v) is 3.99. The molecule has 1 unspecified atom stereocenters. The van der Waals surface area contributed by atoms with Crippen molar-refractivity contribution in [1.82, 2.24) is 0 Å². The lowest BCUT2D eigenvalue weighted by Gasteiger charge is -2.37. The zero-order valence-electron chi connectivity index (χ0n) is 10.5. The molecule has 7 heteroatoms. The fourth-order valence-corrected chi connectivity index (χ4v) is 2.87. The molecule has 1 N–H and O–H groups in total. The summed E-state index contributed by atoms with van der Waals surface area (Å²) < 4.78 is 44.8. The van der Waals surface area contributed by atoms with Crippen molar-refractivity contribution in [3.8, 4) is 0 Å². The van der Waals surface area contributed by atoms with Gasteiger partial charge in [-0.05, 0) is 13.0 Å². The lowest BCUT2D eigenvalue weighted by Crippen LogP contribution is -2.44. The van der Waals surface area contributed by atoms with E-state index in [1.807, 2.05) is 0 Å². The van der Waals surface area contributed by atoms with E-state index in [-0.39, 0.29) is 23.7 Å². The first-order valence-electron chi connectivity index (χ1n) is 5.79. The van der Waals surface area contributed by atoms with Crippen molar-refractivity contribution in [2.24, 2.45) is 0 Å². The standard InChI is InChI=1S/C12H16O6S/c1-9-2-3-11(19(14,15)16)10(6-9)12(7-13)8-17-4-5-18-12/h2-3,6,13H,4-5,7-8H2,1H3,(H,14,15,16)/p-1. The SMILES string of the molecule is Cc1ccc(S(=O)(=O)[O-])c(C2(CO)COCCO2)c1. The summed E-state index contributed by atoms with van der Waals surface area (Å²) in [5.41, 5.74) is -0.369. The van der Waals surface area contributed by atoms with Crippen LogP contribution in [0, 0.1) is 6.92 Å². The molecule has 1 fully saturated rings. The second kappa shape index (κ2) is 5.18. The van der Waals surface area contributed by atoms with Crippen LogP contribution in [0.2, 0.25) is 0 Å². The molecule has 0 saturated carbocycles. The summed E-state index contributed by atoms with van der Waals surface area (Å²) in [6, 6.07) is 4.31. The molecular weight excluding hydrogens is 272 g/mol. The highest BCUT2D eigenvalue weighted by Gasteiger charge is 2.38. The van der Waals surface area contributed by atoms with Crippen molar-refractivity contribution >= 4 is 10.1 Å². The summed E-state index contributed by atoms with van der Waals surface area (Å²) >= 11 is 0. The summed E-state index contributed by atoms with van der Waals surface area (Å²) in [5.74, 6) is 0. The van der Waals surface area contributed by atoms with Crippen LogP contribution in [0.1, 0.15) is 11.1 Å². The molecule has 1 saturated heterocycles. The first-order valence-corrected chi connectivity index (χ1v) is 7.19. The van der Waals surface area contributed by atoms with E-state index in [2.05, 4.69) is 0 Å². The van der Waals surface area contributed by atoms with Gasteiger partial charge in [-0.15, -0.1) is 0 Å². The van der Waals surface area contributed by atoms with Gasteiger partial charge in [-0.1, -0.05) is 17.7 Å². The van der Waals surface area contributed by atoms with Gasteiger partial charge in [0.05, 0.1) is 31.3 Å². The van der Waals surface area contributed by atoms with E-state index in [1.54, 1.807) is 6.92 Å². The molecule has 1 aliphatic heterocycles. The summed E-state index contributed by atoms with van der Waals surface area (Å²) in [5, 5.41) is 9.57. The van der Waals surface area contributed by atoms with Gasteiger partial charge < -0.3 is 19.1 Å². The van der Waals surface area contributed by atoms with Crippen molar-refractivity contribution in [2.45, 2.75) is 17.4 Å². The van der Waals surface area contributed by atoms with Crippen LogP contribution in [-0.4, -0.2) is 44.5 Å². The van der Waals surface area contributed by atoms with Gasteiger partial charge in [0.25, 0.3) is 0 Å². The largest absolute Gasteiger partial charge is 0.744 e. The Hall–Kier alpha value is -0.990. The van der Waals surface area contributed by atoms with Crippen LogP contribution in [0.25, 0.3) is 0 Å². The Morgan fingerprint density at radius 3 is 2.68 bits per heavy atom. The Balaban J connectivity index is 2.62. The molecule has 0 amide bonds. The van der Waals surface area contributed by atoms with E-state index in [1.165, 1.54) is 18.2 Å². The Labute approximate surface area is 111 Å². The number of hydrogen-bond acceptors (Lipinski definition) is 6. The fraction of sp³-hybridized carbons (Fsp3) is 0.500. The minimum Gasteiger partial charge on any atom is -0.744 e. The minimum atomic E-state index is -4.64. The smallest absolute Gasteiger partial charge is 0.141 e. The number of aryl methyl sites for hydroxylation is 1. The quantitative estimate of drug-likeness (QED) is 0.794. The average molecular weight is 287 g/mol. The number of benzene rings is 1. The maximum atomic E-state index is 11.3. The van der Waals surface area contributed by atoms with E-state index in [0.29, 0.717) is 6.61 Å². The molecule has 1 aromatic rings. The van der Waals surface area contributed by atoms with Gasteiger partial charge in [0.15, 0.2) is 0 Å². The molecule has 2 rings (SSSR count). The summed E-state index contributed by atoms with van der Waals surface area (Å²) in [6.07, 6.45) is 0. The molecule has 0 aliphatic carbocycles. The lowest BCUT2D eigenvalue weighted by molar-refractivity contribution is -0.182. The molecule has 1 atom stereocenters. The average Bonchev–Trinajstić information content (AvgIpc) is 2.38. The number of ether oxygens (including phenoxy) is 2. The first-order chi connectivity index (χ1) is 8.89. The Bertz CT molecular complexity index is 560. The van der Waals surface area contributed by atoms with Crippen LogP contribution in [0.4, 0.5) is 0 Å². The zero-order chi connectivity index (χ0) is 14.1. The number of aliphatic hydroxyl groups is 1. The van der Waals surface area contributed by atoms with Crippen LogP contribution in [0.3, 0.4) is 0 Å². The van der Waals surface area contributed by atoms with E-state index >= 15 is 0 Å². The Morgan fingerprint density at radius 2 is 2.16 bits per heavy atom. The van der Waals surface area contributed by atoms with E-state index < -0.39 is 22.3 Å². The molecule has 1 aliphatic rings. The van der Waals surface area contributed by atoms with Crippen LogP contribution < -0.4 is 0 Å². The molecule has 0 spiro atoms. The maximum absolute atomic E-state index is 11.3. The number of aliphatic hydroxyl groups excluding tert-OH is 1. The van der Waals surface area contributed by atoms with Gasteiger partial charge in [0, 0.05) is 5.56 Å². The maximum Gasteiger partial charge on any atom is 0.141 e. The highest BCUT2D eigenvalue weighted by molar-refractivity contribution is 7.85. The number of rotatable bonds is 3. The molecule has 106 valence electrons. The molecule has 0 aromatic heterocycles. The third-order valence-electron chi connectivity index (χ3n) is 3.09. The normalized spacial score (nSPS) is 24.4. The number of hydrogen-bond donors (Lipinski definition) is 1. The Kier molecular flexibility index (Phi) is 3.93. The second-order valence-corrected chi connectivity index (χ2v) is 5.86. The Morgan fingerprint density at radius 1 is 1.42 bits per heavy atom. The van der Waals surface area contributed by atoms with E-state index in [4.69, 9.17) is 9.47 Å². The molecule has 1 aromatic carbocycles. The summed E-state index contributed by atoms with van der Waals surface area (Å²) in [6.45, 7) is 1.91. The predicted molar refractivity (Wildman–Crippen MR) is 64.7 cm³/mol. The molecule has 19 heavy (non-hydrogen) atoms. The van der Waals surface area contributed by atoms with Gasteiger partial charge in [-0.3, -0.25) is 0 Å². The van der Waals surface area contributed by atoms with Gasteiger partial charge in [0.1, 0.15) is 15.7 Å². The van der Waals surface area contributed by atoms with Crippen molar-refractivity contribution in [3.05, 3.63) is 29.3 Å². The van der Waals surface area contributed by atoms with Crippen LogP contribution >= 0.6 is 0 Å². The topological polar surface area (TPSA) is 95.9 Å². The zero-order valence-corrected chi connectivity index (χ0v) is 11.3. The van der Waals surface area contributed by atoms with Gasteiger partial charge in [-0.2, -0.15) is 0 Å². The van der Waals surface area contributed by atoms with E-state index in [0.717, 1.165) is 5.56 Å². The fourth-order valence-electron chi connectivity index (χ4n) is 2.12. The predicted octanol–water partition coefficient (Wildman–Crippen LogP) is 0.134.